The summed E-state index contributed by atoms with van der Waals surface area (Å²) in [5.74, 6) is -0.0354. The van der Waals surface area contributed by atoms with Crippen molar-refractivity contribution < 1.29 is 18.7 Å². The number of ether oxygens (including phenoxy) is 2. The minimum atomic E-state index is -0.498. The van der Waals surface area contributed by atoms with E-state index >= 15 is 0 Å². The van der Waals surface area contributed by atoms with Gasteiger partial charge in [0.2, 0.25) is 0 Å². The lowest BCUT2D eigenvalue weighted by molar-refractivity contribution is -0.0488. The number of rotatable bonds is 3. The second kappa shape index (κ2) is 7.01. The van der Waals surface area contributed by atoms with E-state index in [0.717, 1.165) is 11.3 Å². The Bertz CT molecular complexity index is 717. The summed E-state index contributed by atoms with van der Waals surface area (Å²) in [6.07, 6.45) is -0.233. The van der Waals surface area contributed by atoms with Crippen LogP contribution in [-0.4, -0.2) is 37.1 Å². The van der Waals surface area contributed by atoms with Crippen LogP contribution in [0.25, 0.3) is 0 Å². The molecule has 1 aliphatic rings. The molecular weight excluding hydrogens is 309 g/mol. The first-order valence-corrected chi connectivity index (χ1v) is 7.91. The molecule has 1 aliphatic heterocycles. The predicted octanol–water partition coefficient (Wildman–Crippen LogP) is 3.44. The SMILES string of the molecule is COc1ccc(C2CN(C(=O)c3ccccc3F)C(C)CO2)cc1. The summed E-state index contributed by atoms with van der Waals surface area (Å²) >= 11 is 0. The summed E-state index contributed by atoms with van der Waals surface area (Å²) in [6, 6.07) is 13.5. The lowest BCUT2D eigenvalue weighted by Crippen LogP contribution is -2.48. The number of amides is 1. The molecule has 0 saturated carbocycles. The fourth-order valence-corrected chi connectivity index (χ4v) is 2.85. The number of benzene rings is 2. The maximum absolute atomic E-state index is 13.9. The van der Waals surface area contributed by atoms with Gasteiger partial charge in [-0.1, -0.05) is 24.3 Å². The van der Waals surface area contributed by atoms with Gasteiger partial charge in [-0.25, -0.2) is 4.39 Å². The van der Waals surface area contributed by atoms with Gasteiger partial charge in [-0.2, -0.15) is 0 Å². The summed E-state index contributed by atoms with van der Waals surface area (Å²) in [5.41, 5.74) is 1.06. The molecule has 1 fully saturated rings. The first-order chi connectivity index (χ1) is 11.6. The quantitative estimate of drug-likeness (QED) is 0.866. The number of morpholine rings is 1. The zero-order valence-electron chi connectivity index (χ0n) is 13.7. The van der Waals surface area contributed by atoms with Gasteiger partial charge in [0, 0.05) is 0 Å². The van der Waals surface area contributed by atoms with Crippen molar-refractivity contribution in [3.8, 4) is 5.75 Å². The van der Waals surface area contributed by atoms with Crippen molar-refractivity contribution in [2.45, 2.75) is 19.1 Å². The first-order valence-electron chi connectivity index (χ1n) is 7.91. The Hall–Kier alpha value is -2.40. The largest absolute Gasteiger partial charge is 0.497 e. The zero-order valence-corrected chi connectivity index (χ0v) is 13.7. The molecule has 1 saturated heterocycles. The molecule has 2 aromatic rings. The van der Waals surface area contributed by atoms with E-state index in [1.165, 1.54) is 12.1 Å². The third-order valence-corrected chi connectivity index (χ3v) is 4.29. The molecule has 0 spiro atoms. The highest BCUT2D eigenvalue weighted by Crippen LogP contribution is 2.27. The Kier molecular flexibility index (Phi) is 4.81. The van der Waals surface area contributed by atoms with E-state index in [4.69, 9.17) is 9.47 Å². The van der Waals surface area contributed by atoms with E-state index in [9.17, 15) is 9.18 Å². The topological polar surface area (TPSA) is 38.8 Å². The molecule has 24 heavy (non-hydrogen) atoms. The molecule has 0 aliphatic carbocycles. The third kappa shape index (κ3) is 3.26. The van der Waals surface area contributed by atoms with Gasteiger partial charge in [0.05, 0.1) is 31.9 Å². The smallest absolute Gasteiger partial charge is 0.257 e. The molecule has 1 amide bonds. The number of hydrogen-bond acceptors (Lipinski definition) is 3. The highest BCUT2D eigenvalue weighted by molar-refractivity contribution is 5.94. The van der Waals surface area contributed by atoms with Gasteiger partial charge in [0.15, 0.2) is 0 Å². The van der Waals surface area contributed by atoms with Gasteiger partial charge in [-0.15, -0.1) is 0 Å². The van der Waals surface area contributed by atoms with Crippen molar-refractivity contribution in [1.29, 1.82) is 0 Å². The van der Waals surface area contributed by atoms with Gasteiger partial charge >= 0.3 is 0 Å². The Morgan fingerprint density at radius 2 is 1.92 bits per heavy atom. The number of carbonyl (C=O) groups excluding carboxylic acids is 1. The van der Waals surface area contributed by atoms with Crippen molar-refractivity contribution in [1.82, 2.24) is 4.90 Å². The van der Waals surface area contributed by atoms with Gasteiger partial charge in [0.1, 0.15) is 17.7 Å². The second-order valence-electron chi connectivity index (χ2n) is 5.88. The molecule has 126 valence electrons. The van der Waals surface area contributed by atoms with Crippen LogP contribution >= 0.6 is 0 Å². The van der Waals surface area contributed by atoms with Gasteiger partial charge in [-0.3, -0.25) is 4.79 Å². The van der Waals surface area contributed by atoms with Gasteiger partial charge < -0.3 is 14.4 Å². The number of carbonyl (C=O) groups is 1. The molecule has 0 radical (unpaired) electrons. The third-order valence-electron chi connectivity index (χ3n) is 4.29. The van der Waals surface area contributed by atoms with Crippen molar-refractivity contribution in [3.63, 3.8) is 0 Å². The first kappa shape index (κ1) is 16.5. The van der Waals surface area contributed by atoms with Crippen LogP contribution in [0.2, 0.25) is 0 Å². The Morgan fingerprint density at radius 1 is 1.21 bits per heavy atom. The Labute approximate surface area is 140 Å². The highest BCUT2D eigenvalue weighted by atomic mass is 19.1. The zero-order chi connectivity index (χ0) is 17.1. The lowest BCUT2D eigenvalue weighted by atomic mass is 10.0. The summed E-state index contributed by atoms with van der Waals surface area (Å²) in [7, 11) is 1.61. The monoisotopic (exact) mass is 329 g/mol. The number of methoxy groups -OCH3 is 1. The maximum Gasteiger partial charge on any atom is 0.257 e. The molecule has 0 N–H and O–H groups in total. The van der Waals surface area contributed by atoms with Crippen LogP contribution in [0.4, 0.5) is 4.39 Å². The number of halogens is 1. The fourth-order valence-electron chi connectivity index (χ4n) is 2.85. The van der Waals surface area contributed by atoms with E-state index in [1.54, 1.807) is 24.1 Å². The van der Waals surface area contributed by atoms with Gasteiger partial charge in [0.25, 0.3) is 5.91 Å². The molecule has 0 aromatic heterocycles. The van der Waals surface area contributed by atoms with Crippen LogP contribution < -0.4 is 4.74 Å². The average molecular weight is 329 g/mol. The molecule has 5 heteroatoms. The number of nitrogens with zero attached hydrogens (tertiary/aromatic N) is 1. The molecule has 2 unspecified atom stereocenters. The van der Waals surface area contributed by atoms with Gasteiger partial charge in [-0.05, 0) is 36.8 Å². The van der Waals surface area contributed by atoms with E-state index in [0.29, 0.717) is 13.2 Å². The van der Waals surface area contributed by atoms with Crippen LogP contribution in [-0.2, 0) is 4.74 Å². The van der Waals surface area contributed by atoms with Crippen LogP contribution in [0.5, 0.6) is 5.75 Å². The predicted molar refractivity (Wildman–Crippen MR) is 88.6 cm³/mol. The molecule has 2 atom stereocenters. The highest BCUT2D eigenvalue weighted by Gasteiger charge is 2.32. The molecule has 3 rings (SSSR count). The van der Waals surface area contributed by atoms with E-state index in [-0.39, 0.29) is 23.6 Å². The molecule has 2 aromatic carbocycles. The van der Waals surface area contributed by atoms with Crippen molar-refractivity contribution in [2.75, 3.05) is 20.3 Å². The van der Waals surface area contributed by atoms with E-state index < -0.39 is 5.82 Å². The average Bonchev–Trinajstić information content (AvgIpc) is 2.62. The Balaban J connectivity index is 1.80. The summed E-state index contributed by atoms with van der Waals surface area (Å²) in [5, 5.41) is 0. The fraction of sp³-hybridized carbons (Fsp3) is 0.316. The van der Waals surface area contributed by atoms with Crippen molar-refractivity contribution in [2.24, 2.45) is 0 Å². The molecule has 4 nitrogen and oxygen atoms in total. The van der Waals surface area contributed by atoms with E-state index in [2.05, 4.69) is 0 Å². The van der Waals surface area contributed by atoms with Crippen LogP contribution in [0.3, 0.4) is 0 Å². The maximum atomic E-state index is 13.9. The van der Waals surface area contributed by atoms with Crippen LogP contribution in [0, 0.1) is 5.82 Å². The van der Waals surface area contributed by atoms with Crippen LogP contribution in [0.15, 0.2) is 48.5 Å². The summed E-state index contributed by atoms with van der Waals surface area (Å²) in [4.78, 5) is 14.4. The standard InChI is InChI=1S/C19H20FNO3/c1-13-12-24-18(14-7-9-15(23-2)10-8-14)11-21(13)19(22)16-5-3-4-6-17(16)20/h3-10,13,18H,11-12H2,1-2H3. The summed E-state index contributed by atoms with van der Waals surface area (Å²) in [6.45, 7) is 2.71. The minimum absolute atomic E-state index is 0.0970. The molecule has 0 bridgehead atoms. The number of hydrogen-bond donors (Lipinski definition) is 0. The summed E-state index contributed by atoms with van der Waals surface area (Å²) < 4.78 is 25.0. The Morgan fingerprint density at radius 3 is 2.58 bits per heavy atom. The van der Waals surface area contributed by atoms with Crippen LogP contribution in [0.1, 0.15) is 28.9 Å². The lowest BCUT2D eigenvalue weighted by Gasteiger charge is -2.38. The van der Waals surface area contributed by atoms with Crippen molar-refractivity contribution >= 4 is 5.91 Å². The normalized spacial score (nSPS) is 20.7. The molecule has 1 heterocycles. The second-order valence-corrected chi connectivity index (χ2v) is 5.88. The molecular formula is C19H20FNO3. The van der Waals surface area contributed by atoms with Crippen molar-refractivity contribution in [3.05, 3.63) is 65.5 Å². The van der Waals surface area contributed by atoms with E-state index in [1.807, 2.05) is 31.2 Å². The minimum Gasteiger partial charge on any atom is -0.497 e.